The van der Waals surface area contributed by atoms with E-state index in [1.807, 2.05) is 30.9 Å². The van der Waals surface area contributed by atoms with E-state index in [2.05, 4.69) is 40.8 Å². The number of hydrogen-bond donors (Lipinski definition) is 1. The summed E-state index contributed by atoms with van der Waals surface area (Å²) in [7, 11) is 0. The largest absolute Gasteiger partial charge is 0.337 e. The van der Waals surface area contributed by atoms with Crippen LogP contribution in [0.5, 0.6) is 0 Å². The van der Waals surface area contributed by atoms with Gasteiger partial charge in [0.1, 0.15) is 0 Å². The fourth-order valence-corrected chi connectivity index (χ4v) is 2.91. The van der Waals surface area contributed by atoms with Crippen molar-refractivity contribution in [2.75, 3.05) is 6.54 Å². The minimum Gasteiger partial charge on any atom is -0.337 e. The first-order valence-electron chi connectivity index (χ1n) is 7.67. The van der Waals surface area contributed by atoms with E-state index in [1.165, 1.54) is 5.56 Å². The first-order chi connectivity index (χ1) is 10.2. The molecule has 0 aliphatic heterocycles. The molecule has 2 aromatic rings. The average molecular weight is 306 g/mol. The SMILES string of the molecule is CCC(CC)(NCCCn1ccnc1)c1ccc(Cl)cc1. The Morgan fingerprint density at radius 2 is 1.90 bits per heavy atom. The third-order valence-corrected chi connectivity index (χ3v) is 4.47. The van der Waals surface area contributed by atoms with Gasteiger partial charge in [0.05, 0.1) is 6.33 Å². The third-order valence-electron chi connectivity index (χ3n) is 4.22. The van der Waals surface area contributed by atoms with Crippen LogP contribution in [0.25, 0.3) is 0 Å². The molecule has 1 aromatic carbocycles. The third kappa shape index (κ3) is 4.08. The number of aromatic nitrogens is 2. The van der Waals surface area contributed by atoms with E-state index in [-0.39, 0.29) is 5.54 Å². The van der Waals surface area contributed by atoms with Crippen LogP contribution in [0.3, 0.4) is 0 Å². The van der Waals surface area contributed by atoms with Gasteiger partial charge in [0, 0.05) is 29.5 Å². The Morgan fingerprint density at radius 3 is 2.48 bits per heavy atom. The summed E-state index contributed by atoms with van der Waals surface area (Å²) in [4.78, 5) is 4.07. The van der Waals surface area contributed by atoms with Crippen LogP contribution in [0.15, 0.2) is 43.0 Å². The van der Waals surface area contributed by atoms with Crippen LogP contribution in [0.2, 0.25) is 5.02 Å². The smallest absolute Gasteiger partial charge is 0.0945 e. The van der Waals surface area contributed by atoms with Gasteiger partial charge in [0.15, 0.2) is 0 Å². The molecule has 3 nitrogen and oxygen atoms in total. The van der Waals surface area contributed by atoms with Crippen LogP contribution in [0.1, 0.15) is 38.7 Å². The minimum absolute atomic E-state index is 0.0412. The Balaban J connectivity index is 1.95. The van der Waals surface area contributed by atoms with Gasteiger partial charge < -0.3 is 9.88 Å². The van der Waals surface area contributed by atoms with Crippen LogP contribution in [0.4, 0.5) is 0 Å². The molecule has 0 aliphatic rings. The van der Waals surface area contributed by atoms with Crippen LogP contribution in [0, 0.1) is 0 Å². The minimum atomic E-state index is 0.0412. The Labute approximate surface area is 132 Å². The molecular formula is C17H24ClN3. The fraction of sp³-hybridized carbons (Fsp3) is 0.471. The molecule has 0 saturated heterocycles. The average Bonchev–Trinajstić information content (AvgIpc) is 3.02. The van der Waals surface area contributed by atoms with Crippen molar-refractivity contribution >= 4 is 11.6 Å². The van der Waals surface area contributed by atoms with Crippen molar-refractivity contribution in [1.29, 1.82) is 0 Å². The summed E-state index contributed by atoms with van der Waals surface area (Å²) >= 11 is 6.00. The van der Waals surface area contributed by atoms with Gasteiger partial charge in [0.2, 0.25) is 0 Å². The summed E-state index contributed by atoms with van der Waals surface area (Å²) in [6.45, 7) is 6.46. The van der Waals surface area contributed by atoms with Crippen molar-refractivity contribution in [2.24, 2.45) is 0 Å². The molecule has 0 atom stereocenters. The number of halogens is 1. The Morgan fingerprint density at radius 1 is 1.19 bits per heavy atom. The van der Waals surface area contributed by atoms with Gasteiger partial charge in [-0.15, -0.1) is 0 Å². The number of nitrogens with one attached hydrogen (secondary N) is 1. The zero-order valence-electron chi connectivity index (χ0n) is 12.8. The maximum atomic E-state index is 6.00. The van der Waals surface area contributed by atoms with Crippen LogP contribution < -0.4 is 5.32 Å². The van der Waals surface area contributed by atoms with Gasteiger partial charge in [-0.05, 0) is 43.5 Å². The maximum Gasteiger partial charge on any atom is 0.0945 e. The molecule has 1 heterocycles. The van der Waals surface area contributed by atoms with Gasteiger partial charge >= 0.3 is 0 Å². The van der Waals surface area contributed by atoms with E-state index >= 15 is 0 Å². The molecular weight excluding hydrogens is 282 g/mol. The summed E-state index contributed by atoms with van der Waals surface area (Å²) in [5, 5.41) is 4.55. The van der Waals surface area contributed by atoms with Crippen molar-refractivity contribution in [2.45, 2.75) is 45.2 Å². The summed E-state index contributed by atoms with van der Waals surface area (Å²) in [5.74, 6) is 0. The number of hydrogen-bond acceptors (Lipinski definition) is 2. The molecule has 1 N–H and O–H groups in total. The summed E-state index contributed by atoms with van der Waals surface area (Å²) in [6.07, 6.45) is 8.92. The summed E-state index contributed by atoms with van der Waals surface area (Å²) in [5.41, 5.74) is 1.36. The lowest BCUT2D eigenvalue weighted by molar-refractivity contribution is 0.304. The molecule has 0 unspecified atom stereocenters. The van der Waals surface area contributed by atoms with E-state index in [0.717, 1.165) is 37.4 Å². The first kappa shape index (κ1) is 16.1. The molecule has 0 saturated carbocycles. The lowest BCUT2D eigenvalue weighted by atomic mass is 9.84. The Hall–Kier alpha value is -1.32. The van der Waals surface area contributed by atoms with Crippen LogP contribution in [-0.2, 0) is 12.1 Å². The molecule has 0 radical (unpaired) electrons. The molecule has 21 heavy (non-hydrogen) atoms. The van der Waals surface area contributed by atoms with E-state index in [1.54, 1.807) is 0 Å². The molecule has 4 heteroatoms. The second-order valence-electron chi connectivity index (χ2n) is 5.38. The standard InChI is InChI=1S/C17H24ClN3/c1-3-17(4-2,15-6-8-16(18)9-7-15)20-10-5-12-21-13-11-19-14-21/h6-9,11,13-14,20H,3-5,10,12H2,1-2H3. The number of imidazole rings is 1. The van der Waals surface area contributed by atoms with Gasteiger partial charge in [-0.1, -0.05) is 37.6 Å². The molecule has 0 aliphatic carbocycles. The summed E-state index contributed by atoms with van der Waals surface area (Å²) < 4.78 is 2.11. The van der Waals surface area contributed by atoms with Gasteiger partial charge in [-0.3, -0.25) is 0 Å². The molecule has 2 rings (SSSR count). The second kappa shape index (κ2) is 7.62. The van der Waals surface area contributed by atoms with Crippen molar-refractivity contribution in [3.8, 4) is 0 Å². The highest BCUT2D eigenvalue weighted by molar-refractivity contribution is 6.30. The van der Waals surface area contributed by atoms with Crippen molar-refractivity contribution in [3.05, 3.63) is 53.6 Å². The molecule has 0 bridgehead atoms. The second-order valence-corrected chi connectivity index (χ2v) is 5.81. The predicted molar refractivity (Wildman–Crippen MR) is 88.6 cm³/mol. The zero-order chi connectivity index (χ0) is 15.1. The van der Waals surface area contributed by atoms with Gasteiger partial charge in [-0.2, -0.15) is 0 Å². The van der Waals surface area contributed by atoms with Crippen molar-refractivity contribution < 1.29 is 0 Å². The van der Waals surface area contributed by atoms with Gasteiger partial charge in [0.25, 0.3) is 0 Å². The normalized spacial score (nSPS) is 11.8. The van der Waals surface area contributed by atoms with E-state index in [9.17, 15) is 0 Å². The fourth-order valence-electron chi connectivity index (χ4n) is 2.79. The Kier molecular flexibility index (Phi) is 5.83. The molecule has 0 fully saturated rings. The van der Waals surface area contributed by atoms with E-state index in [0.29, 0.717) is 0 Å². The summed E-state index contributed by atoms with van der Waals surface area (Å²) in [6, 6.07) is 8.23. The molecule has 114 valence electrons. The number of rotatable bonds is 8. The first-order valence-corrected chi connectivity index (χ1v) is 8.05. The van der Waals surface area contributed by atoms with Crippen molar-refractivity contribution in [1.82, 2.24) is 14.9 Å². The number of aryl methyl sites for hydroxylation is 1. The quantitative estimate of drug-likeness (QED) is 0.740. The number of benzene rings is 1. The predicted octanol–water partition coefficient (Wildman–Crippen LogP) is 4.23. The zero-order valence-corrected chi connectivity index (χ0v) is 13.6. The highest BCUT2D eigenvalue weighted by Gasteiger charge is 2.27. The molecule has 0 spiro atoms. The lowest BCUT2D eigenvalue weighted by Crippen LogP contribution is -2.42. The molecule has 0 amide bonds. The highest BCUT2D eigenvalue weighted by Crippen LogP contribution is 2.29. The van der Waals surface area contributed by atoms with Crippen LogP contribution in [-0.4, -0.2) is 16.1 Å². The monoisotopic (exact) mass is 305 g/mol. The Bertz CT molecular complexity index is 515. The van der Waals surface area contributed by atoms with E-state index in [4.69, 9.17) is 11.6 Å². The van der Waals surface area contributed by atoms with E-state index < -0.39 is 0 Å². The topological polar surface area (TPSA) is 29.9 Å². The van der Waals surface area contributed by atoms with Crippen LogP contribution >= 0.6 is 11.6 Å². The number of nitrogens with zero attached hydrogens (tertiary/aromatic N) is 2. The maximum absolute atomic E-state index is 6.00. The van der Waals surface area contributed by atoms with Gasteiger partial charge in [-0.25, -0.2) is 4.98 Å². The lowest BCUT2D eigenvalue weighted by Gasteiger charge is -2.34. The van der Waals surface area contributed by atoms with Crippen molar-refractivity contribution in [3.63, 3.8) is 0 Å². The highest BCUT2D eigenvalue weighted by atomic mass is 35.5. The molecule has 1 aromatic heterocycles.